The summed E-state index contributed by atoms with van der Waals surface area (Å²) in [6, 6.07) is 10.1. The highest BCUT2D eigenvalue weighted by molar-refractivity contribution is 5.13. The van der Waals surface area contributed by atoms with Gasteiger partial charge in [0.05, 0.1) is 19.3 Å². The molecule has 1 N–H and O–H groups in total. The van der Waals surface area contributed by atoms with Crippen LogP contribution in [0.1, 0.15) is 5.56 Å². The van der Waals surface area contributed by atoms with Crippen molar-refractivity contribution in [3.05, 3.63) is 35.9 Å². The first-order valence-corrected chi connectivity index (χ1v) is 6.94. The largest absolute Gasteiger partial charge is 0.389 e. The Kier molecular flexibility index (Phi) is 5.79. The standard InChI is InChI=1S/C15H24N2O2/c1-16-7-9-17(10-8-16)11-15(18)13-19-12-14-5-3-2-4-6-14/h2-6,15,18H,7-13H2,1H3. The number of β-amino-alcohol motifs (C(OH)–C–C–N with tert-alkyl or cyclic N) is 1. The van der Waals surface area contributed by atoms with Gasteiger partial charge >= 0.3 is 0 Å². The fraction of sp³-hybridized carbons (Fsp3) is 0.600. The van der Waals surface area contributed by atoms with E-state index in [0.717, 1.165) is 31.7 Å². The Morgan fingerprint density at radius 3 is 2.53 bits per heavy atom. The Labute approximate surface area is 115 Å². The van der Waals surface area contributed by atoms with E-state index >= 15 is 0 Å². The van der Waals surface area contributed by atoms with E-state index in [0.29, 0.717) is 19.8 Å². The normalized spacial score (nSPS) is 19.5. The number of ether oxygens (including phenoxy) is 1. The average Bonchev–Trinajstić information content (AvgIpc) is 2.43. The minimum absolute atomic E-state index is 0.396. The fourth-order valence-corrected chi connectivity index (χ4v) is 2.27. The van der Waals surface area contributed by atoms with E-state index < -0.39 is 6.10 Å². The van der Waals surface area contributed by atoms with E-state index in [4.69, 9.17) is 4.74 Å². The average molecular weight is 264 g/mol. The molecule has 2 rings (SSSR count). The van der Waals surface area contributed by atoms with Crippen molar-refractivity contribution >= 4 is 0 Å². The first kappa shape index (κ1) is 14.5. The lowest BCUT2D eigenvalue weighted by molar-refractivity contribution is 0.00297. The van der Waals surface area contributed by atoms with Crippen LogP contribution in [0.3, 0.4) is 0 Å². The molecule has 0 aromatic heterocycles. The lowest BCUT2D eigenvalue weighted by Crippen LogP contribution is -2.47. The zero-order chi connectivity index (χ0) is 13.5. The minimum atomic E-state index is -0.396. The monoisotopic (exact) mass is 264 g/mol. The molecule has 4 nitrogen and oxygen atoms in total. The summed E-state index contributed by atoms with van der Waals surface area (Å²) in [4.78, 5) is 4.62. The van der Waals surface area contributed by atoms with Crippen molar-refractivity contribution < 1.29 is 9.84 Å². The van der Waals surface area contributed by atoms with Crippen molar-refractivity contribution in [3.8, 4) is 0 Å². The maximum Gasteiger partial charge on any atom is 0.0900 e. The maximum absolute atomic E-state index is 9.97. The Morgan fingerprint density at radius 1 is 1.16 bits per heavy atom. The van der Waals surface area contributed by atoms with E-state index in [1.54, 1.807) is 0 Å². The number of likely N-dealkylation sites (N-methyl/N-ethyl adjacent to an activating group) is 1. The molecule has 1 aliphatic rings. The molecule has 0 bridgehead atoms. The van der Waals surface area contributed by atoms with Crippen LogP contribution < -0.4 is 0 Å². The Balaban J connectivity index is 1.61. The summed E-state index contributed by atoms with van der Waals surface area (Å²) in [5.74, 6) is 0. The van der Waals surface area contributed by atoms with Crippen LogP contribution in [-0.2, 0) is 11.3 Å². The predicted molar refractivity (Wildman–Crippen MR) is 76.0 cm³/mol. The number of aliphatic hydroxyl groups is 1. The van der Waals surface area contributed by atoms with Gasteiger partial charge in [-0.25, -0.2) is 0 Å². The molecular formula is C15H24N2O2. The van der Waals surface area contributed by atoms with Crippen molar-refractivity contribution in [3.63, 3.8) is 0 Å². The van der Waals surface area contributed by atoms with Gasteiger partial charge in [0.1, 0.15) is 0 Å². The molecule has 1 saturated heterocycles. The van der Waals surface area contributed by atoms with Crippen LogP contribution in [0, 0.1) is 0 Å². The quantitative estimate of drug-likeness (QED) is 0.825. The van der Waals surface area contributed by atoms with E-state index in [-0.39, 0.29) is 0 Å². The second-order valence-corrected chi connectivity index (χ2v) is 5.26. The first-order chi connectivity index (χ1) is 9.24. The summed E-state index contributed by atoms with van der Waals surface area (Å²) < 4.78 is 5.56. The summed E-state index contributed by atoms with van der Waals surface area (Å²) >= 11 is 0. The summed E-state index contributed by atoms with van der Waals surface area (Å²) in [6.07, 6.45) is -0.396. The molecule has 0 aliphatic carbocycles. The summed E-state index contributed by atoms with van der Waals surface area (Å²) in [5, 5.41) is 9.97. The molecular weight excluding hydrogens is 240 g/mol. The van der Waals surface area contributed by atoms with Gasteiger partial charge in [0, 0.05) is 32.7 Å². The van der Waals surface area contributed by atoms with Gasteiger partial charge in [-0.2, -0.15) is 0 Å². The molecule has 1 aliphatic heterocycles. The number of benzene rings is 1. The smallest absolute Gasteiger partial charge is 0.0900 e. The highest BCUT2D eigenvalue weighted by atomic mass is 16.5. The predicted octanol–water partition coefficient (Wildman–Crippen LogP) is 0.811. The Hall–Kier alpha value is -0.940. The second kappa shape index (κ2) is 7.60. The molecule has 0 amide bonds. The molecule has 0 spiro atoms. The van der Waals surface area contributed by atoms with Crippen molar-refractivity contribution in [2.45, 2.75) is 12.7 Å². The molecule has 106 valence electrons. The van der Waals surface area contributed by atoms with Gasteiger partial charge in [0.25, 0.3) is 0 Å². The third-order valence-corrected chi connectivity index (χ3v) is 3.49. The lowest BCUT2D eigenvalue weighted by Gasteiger charge is -2.33. The van der Waals surface area contributed by atoms with E-state index in [2.05, 4.69) is 16.8 Å². The van der Waals surface area contributed by atoms with E-state index in [1.807, 2.05) is 30.3 Å². The molecule has 4 heteroatoms. The van der Waals surface area contributed by atoms with E-state index in [1.165, 1.54) is 0 Å². The SMILES string of the molecule is CN1CCN(CC(O)COCc2ccccc2)CC1. The summed E-state index contributed by atoms with van der Waals surface area (Å²) in [7, 11) is 2.14. The third-order valence-electron chi connectivity index (χ3n) is 3.49. The second-order valence-electron chi connectivity index (χ2n) is 5.26. The highest BCUT2D eigenvalue weighted by Crippen LogP contribution is 2.03. The van der Waals surface area contributed by atoms with Gasteiger partial charge < -0.3 is 14.7 Å². The first-order valence-electron chi connectivity index (χ1n) is 6.94. The van der Waals surface area contributed by atoms with Crippen LogP contribution >= 0.6 is 0 Å². The number of hydrogen-bond donors (Lipinski definition) is 1. The summed E-state index contributed by atoms with van der Waals surface area (Å²) in [5.41, 5.74) is 1.15. The van der Waals surface area contributed by atoms with E-state index in [9.17, 15) is 5.11 Å². The molecule has 1 aromatic carbocycles. The van der Waals surface area contributed by atoms with Crippen LogP contribution in [0.2, 0.25) is 0 Å². The molecule has 0 saturated carbocycles. The van der Waals surface area contributed by atoms with Gasteiger partial charge in [0.15, 0.2) is 0 Å². The van der Waals surface area contributed by atoms with Crippen molar-refractivity contribution in [2.24, 2.45) is 0 Å². The van der Waals surface area contributed by atoms with Gasteiger partial charge in [0.2, 0.25) is 0 Å². The van der Waals surface area contributed by atoms with Gasteiger partial charge in [-0.15, -0.1) is 0 Å². The zero-order valence-corrected chi connectivity index (χ0v) is 11.7. The van der Waals surface area contributed by atoms with Gasteiger partial charge in [-0.1, -0.05) is 30.3 Å². The van der Waals surface area contributed by atoms with Crippen molar-refractivity contribution in [1.29, 1.82) is 0 Å². The number of aliphatic hydroxyl groups excluding tert-OH is 1. The highest BCUT2D eigenvalue weighted by Gasteiger charge is 2.16. The zero-order valence-electron chi connectivity index (χ0n) is 11.7. The molecule has 1 atom stereocenters. The molecule has 1 unspecified atom stereocenters. The molecule has 1 fully saturated rings. The molecule has 19 heavy (non-hydrogen) atoms. The fourth-order valence-electron chi connectivity index (χ4n) is 2.27. The number of nitrogens with zero attached hydrogens (tertiary/aromatic N) is 2. The number of piperazine rings is 1. The van der Waals surface area contributed by atoms with Crippen molar-refractivity contribution in [2.75, 3.05) is 46.4 Å². The Morgan fingerprint density at radius 2 is 1.84 bits per heavy atom. The Bertz CT molecular complexity index is 350. The van der Waals surface area contributed by atoms with Crippen LogP contribution in [-0.4, -0.2) is 67.4 Å². The minimum Gasteiger partial charge on any atom is -0.389 e. The van der Waals surface area contributed by atoms with Gasteiger partial charge in [-0.05, 0) is 12.6 Å². The number of hydrogen-bond acceptors (Lipinski definition) is 4. The molecule has 1 heterocycles. The van der Waals surface area contributed by atoms with Gasteiger partial charge in [-0.3, -0.25) is 4.90 Å². The maximum atomic E-state index is 9.97. The number of rotatable bonds is 6. The third kappa shape index (κ3) is 5.28. The van der Waals surface area contributed by atoms with Crippen LogP contribution in [0.25, 0.3) is 0 Å². The topological polar surface area (TPSA) is 35.9 Å². The molecule has 0 radical (unpaired) electrons. The van der Waals surface area contributed by atoms with Crippen LogP contribution in [0.5, 0.6) is 0 Å². The summed E-state index contributed by atoms with van der Waals surface area (Å²) in [6.45, 7) is 5.91. The van der Waals surface area contributed by atoms with Crippen molar-refractivity contribution in [1.82, 2.24) is 9.80 Å². The molecule has 1 aromatic rings. The lowest BCUT2D eigenvalue weighted by atomic mass is 10.2. The van der Waals surface area contributed by atoms with Crippen LogP contribution in [0.15, 0.2) is 30.3 Å². The van der Waals surface area contributed by atoms with Crippen LogP contribution in [0.4, 0.5) is 0 Å².